The first-order valence-corrected chi connectivity index (χ1v) is 12.8. The number of pyridine rings is 1. The lowest BCUT2D eigenvalue weighted by Gasteiger charge is -2.34. The average Bonchev–Trinajstić information content (AvgIpc) is 3.55. The lowest BCUT2D eigenvalue weighted by atomic mass is 9.73. The molecule has 4 atom stereocenters. The van der Waals surface area contributed by atoms with Gasteiger partial charge in [0.1, 0.15) is 17.6 Å². The number of carbonyl (C=O) groups excluding carboxylic acids is 1. The first-order valence-electron chi connectivity index (χ1n) is 12.8. The molecule has 3 aliphatic rings. The van der Waals surface area contributed by atoms with E-state index < -0.39 is 5.97 Å². The molecule has 4 unspecified atom stereocenters. The number of hydrazine groups is 1. The predicted octanol–water partition coefficient (Wildman–Crippen LogP) is 2.14. The average molecular weight is 498 g/mol. The molecule has 10 nitrogen and oxygen atoms in total. The SMILES string of the molecule is COc1ccncc1C1CCC2NNC(C(=O)NCC3CCN(Cc4ccc(C(=O)O)o4)CC3)C2C1. The number of aromatic carboxylic acids is 1. The van der Waals surface area contributed by atoms with Crippen LogP contribution in [0.15, 0.2) is 35.0 Å². The number of hydrogen-bond acceptors (Lipinski definition) is 8. The van der Waals surface area contributed by atoms with Crippen LogP contribution < -0.4 is 20.9 Å². The summed E-state index contributed by atoms with van der Waals surface area (Å²) in [4.78, 5) is 30.7. The van der Waals surface area contributed by atoms with Crippen molar-refractivity contribution in [2.24, 2.45) is 11.8 Å². The predicted molar refractivity (Wildman–Crippen MR) is 131 cm³/mol. The Morgan fingerprint density at radius 3 is 2.78 bits per heavy atom. The second kappa shape index (κ2) is 11.0. The van der Waals surface area contributed by atoms with Gasteiger partial charge in [-0.25, -0.2) is 10.2 Å². The fraction of sp³-hybridized carbons (Fsp3) is 0.577. The standard InChI is InChI=1S/C26H35N5O5/c1-35-22-6-9-27-14-20(22)17-2-4-21-19(12-17)24(30-29-21)25(32)28-13-16-7-10-31(11-8-16)15-18-3-5-23(36-18)26(33)34/h3,5-6,9,14,16-17,19,21,24,29-30H,2,4,7-8,10-13,15H2,1H3,(H,28,32)(H,33,34). The molecule has 0 spiro atoms. The number of rotatable bonds is 8. The number of likely N-dealkylation sites (tertiary alicyclic amines) is 1. The fourth-order valence-corrected chi connectivity index (χ4v) is 5.99. The van der Waals surface area contributed by atoms with Gasteiger partial charge in [0, 0.05) is 36.5 Å². The summed E-state index contributed by atoms with van der Waals surface area (Å²) in [5.74, 6) is 1.51. The lowest BCUT2D eigenvalue weighted by molar-refractivity contribution is -0.124. The fourth-order valence-electron chi connectivity index (χ4n) is 5.99. The van der Waals surface area contributed by atoms with E-state index >= 15 is 0 Å². The van der Waals surface area contributed by atoms with E-state index in [2.05, 4.69) is 26.1 Å². The van der Waals surface area contributed by atoms with Gasteiger partial charge in [-0.1, -0.05) is 0 Å². The number of aromatic nitrogens is 1. The molecule has 2 saturated heterocycles. The van der Waals surface area contributed by atoms with Crippen molar-refractivity contribution >= 4 is 11.9 Å². The molecule has 2 aromatic heterocycles. The molecule has 36 heavy (non-hydrogen) atoms. The Bertz CT molecular complexity index is 1070. The number of nitrogens with zero attached hydrogens (tertiary/aromatic N) is 2. The zero-order valence-electron chi connectivity index (χ0n) is 20.6. The Labute approximate surface area is 210 Å². The van der Waals surface area contributed by atoms with E-state index in [1.54, 1.807) is 19.4 Å². The Balaban J connectivity index is 1.09. The molecule has 10 heteroatoms. The van der Waals surface area contributed by atoms with E-state index in [0.717, 1.165) is 56.5 Å². The highest BCUT2D eigenvalue weighted by molar-refractivity contribution is 5.84. The van der Waals surface area contributed by atoms with Crippen molar-refractivity contribution in [1.82, 2.24) is 26.1 Å². The molecule has 1 amide bonds. The molecule has 3 fully saturated rings. The number of carboxylic acids is 1. The second-order valence-electron chi connectivity index (χ2n) is 10.2. The second-order valence-corrected chi connectivity index (χ2v) is 10.2. The molecule has 0 radical (unpaired) electrons. The van der Waals surface area contributed by atoms with Crippen LogP contribution in [0.1, 0.15) is 59.9 Å². The Morgan fingerprint density at radius 1 is 1.19 bits per heavy atom. The highest BCUT2D eigenvalue weighted by atomic mass is 16.5. The van der Waals surface area contributed by atoms with Crippen LogP contribution in [-0.4, -0.2) is 65.7 Å². The van der Waals surface area contributed by atoms with Crippen LogP contribution >= 0.6 is 0 Å². The normalized spacial score (nSPS) is 26.9. The van der Waals surface area contributed by atoms with Crippen molar-refractivity contribution in [1.29, 1.82) is 0 Å². The zero-order chi connectivity index (χ0) is 25.1. The van der Waals surface area contributed by atoms with Gasteiger partial charge in [-0.05, 0) is 75.2 Å². The van der Waals surface area contributed by atoms with E-state index in [0.29, 0.717) is 36.7 Å². The van der Waals surface area contributed by atoms with Crippen molar-refractivity contribution in [3.8, 4) is 5.75 Å². The third-order valence-electron chi connectivity index (χ3n) is 8.03. The zero-order valence-corrected chi connectivity index (χ0v) is 20.6. The molecule has 2 aliphatic heterocycles. The summed E-state index contributed by atoms with van der Waals surface area (Å²) < 4.78 is 10.9. The number of carboxylic acid groups (broad SMARTS) is 1. The van der Waals surface area contributed by atoms with Gasteiger partial charge >= 0.3 is 5.97 Å². The molecule has 4 heterocycles. The number of nitrogens with one attached hydrogen (secondary N) is 3. The van der Waals surface area contributed by atoms with Crippen molar-refractivity contribution in [2.75, 3.05) is 26.7 Å². The number of ether oxygens (including phenoxy) is 1. The molecule has 5 rings (SSSR count). The van der Waals surface area contributed by atoms with Crippen LogP contribution in [0, 0.1) is 11.8 Å². The van der Waals surface area contributed by atoms with Gasteiger partial charge in [0.2, 0.25) is 11.7 Å². The van der Waals surface area contributed by atoms with Crippen molar-refractivity contribution in [2.45, 2.75) is 56.7 Å². The molecule has 0 aromatic carbocycles. The summed E-state index contributed by atoms with van der Waals surface area (Å²) in [7, 11) is 1.69. The summed E-state index contributed by atoms with van der Waals surface area (Å²) in [6.45, 7) is 3.07. The smallest absolute Gasteiger partial charge is 0.371 e. The Morgan fingerprint density at radius 2 is 2.03 bits per heavy atom. The first-order chi connectivity index (χ1) is 17.5. The number of amides is 1. The molecule has 194 valence electrons. The first kappa shape index (κ1) is 24.7. The molecule has 1 saturated carbocycles. The quantitative estimate of drug-likeness (QED) is 0.433. The summed E-state index contributed by atoms with van der Waals surface area (Å²) in [6.07, 6.45) is 8.58. The topological polar surface area (TPSA) is 129 Å². The molecule has 4 N–H and O–H groups in total. The summed E-state index contributed by atoms with van der Waals surface area (Å²) in [5.41, 5.74) is 7.75. The maximum atomic E-state index is 13.2. The molecular formula is C26H35N5O5. The minimum Gasteiger partial charge on any atom is -0.496 e. The number of methoxy groups -OCH3 is 1. The number of fused-ring (bicyclic) bond motifs is 1. The van der Waals surface area contributed by atoms with Crippen LogP contribution in [0.25, 0.3) is 0 Å². The number of carbonyl (C=O) groups is 2. The maximum Gasteiger partial charge on any atom is 0.371 e. The van der Waals surface area contributed by atoms with Crippen LogP contribution in [0.2, 0.25) is 0 Å². The number of hydrogen-bond donors (Lipinski definition) is 4. The van der Waals surface area contributed by atoms with Crippen LogP contribution in [0.4, 0.5) is 0 Å². The molecule has 0 bridgehead atoms. The minimum atomic E-state index is -1.05. The minimum absolute atomic E-state index is 0.0243. The number of piperidine rings is 1. The summed E-state index contributed by atoms with van der Waals surface area (Å²) in [6, 6.07) is 5.18. The van der Waals surface area contributed by atoms with Gasteiger partial charge < -0.3 is 19.6 Å². The maximum absolute atomic E-state index is 13.2. The van der Waals surface area contributed by atoms with Crippen LogP contribution in [0.3, 0.4) is 0 Å². The van der Waals surface area contributed by atoms with Crippen molar-refractivity contribution in [3.05, 3.63) is 47.7 Å². The van der Waals surface area contributed by atoms with E-state index in [-0.39, 0.29) is 23.6 Å². The number of furan rings is 1. The van der Waals surface area contributed by atoms with Crippen molar-refractivity contribution in [3.63, 3.8) is 0 Å². The lowest BCUT2D eigenvalue weighted by Crippen LogP contribution is -2.48. The van der Waals surface area contributed by atoms with Gasteiger partial charge in [-0.3, -0.25) is 20.1 Å². The molecule has 2 aromatic rings. The highest BCUT2D eigenvalue weighted by Crippen LogP contribution is 2.42. The van der Waals surface area contributed by atoms with Crippen molar-refractivity contribution < 1.29 is 23.8 Å². The summed E-state index contributed by atoms with van der Waals surface area (Å²) >= 11 is 0. The van der Waals surface area contributed by atoms with Gasteiger partial charge in [0.25, 0.3) is 0 Å². The van der Waals surface area contributed by atoms with E-state index in [1.165, 1.54) is 6.07 Å². The molecule has 1 aliphatic carbocycles. The third kappa shape index (κ3) is 5.40. The highest BCUT2D eigenvalue weighted by Gasteiger charge is 2.44. The monoisotopic (exact) mass is 497 g/mol. The van der Waals surface area contributed by atoms with Gasteiger partial charge in [0.05, 0.1) is 13.7 Å². The van der Waals surface area contributed by atoms with Crippen LogP contribution in [0.5, 0.6) is 5.75 Å². The molecular weight excluding hydrogens is 462 g/mol. The third-order valence-corrected chi connectivity index (χ3v) is 8.03. The Kier molecular flexibility index (Phi) is 7.54. The van der Waals surface area contributed by atoms with Gasteiger partial charge in [-0.2, -0.15) is 0 Å². The van der Waals surface area contributed by atoms with Gasteiger partial charge in [0.15, 0.2) is 0 Å². The van der Waals surface area contributed by atoms with Gasteiger partial charge in [-0.15, -0.1) is 0 Å². The van der Waals surface area contributed by atoms with Crippen LogP contribution in [-0.2, 0) is 11.3 Å². The summed E-state index contributed by atoms with van der Waals surface area (Å²) in [5, 5.41) is 12.2. The van der Waals surface area contributed by atoms with E-state index in [4.69, 9.17) is 14.3 Å². The van der Waals surface area contributed by atoms with E-state index in [9.17, 15) is 9.59 Å². The Hall–Kier alpha value is -2.95. The van der Waals surface area contributed by atoms with E-state index in [1.807, 2.05) is 12.3 Å². The largest absolute Gasteiger partial charge is 0.496 e.